The Morgan fingerprint density at radius 2 is 2.16 bits per heavy atom. The summed E-state index contributed by atoms with van der Waals surface area (Å²) in [5.74, 6) is -0.404. The Bertz CT molecular complexity index is 585. The maximum Gasteiger partial charge on any atom is 0.241 e. The topological polar surface area (TPSA) is 75.3 Å². The summed E-state index contributed by atoms with van der Waals surface area (Å²) in [4.78, 5) is 11.5. The number of aryl methyl sites for hydroxylation is 1. The molecule has 2 N–H and O–H groups in total. The summed E-state index contributed by atoms with van der Waals surface area (Å²) in [5.41, 5.74) is 0.605. The quantitative estimate of drug-likeness (QED) is 0.763. The molecule has 5 nitrogen and oxygen atoms in total. The van der Waals surface area contributed by atoms with Crippen molar-refractivity contribution in [3.63, 3.8) is 0 Å². The zero-order chi connectivity index (χ0) is 14.5. The number of carbonyl (C=O) groups is 1. The Morgan fingerprint density at radius 3 is 2.74 bits per heavy atom. The van der Waals surface area contributed by atoms with Gasteiger partial charge in [0.15, 0.2) is 0 Å². The van der Waals surface area contributed by atoms with Crippen molar-refractivity contribution in [2.45, 2.75) is 11.8 Å². The van der Waals surface area contributed by atoms with E-state index in [4.69, 9.17) is 0 Å². The maximum absolute atomic E-state index is 12.0. The first-order chi connectivity index (χ1) is 8.86. The summed E-state index contributed by atoms with van der Waals surface area (Å²) in [6.45, 7) is 5.15. The Morgan fingerprint density at radius 1 is 1.47 bits per heavy atom. The number of benzene rings is 1. The van der Waals surface area contributed by atoms with Gasteiger partial charge in [0.1, 0.15) is 0 Å². The first-order valence-corrected chi connectivity index (χ1v) is 7.78. The molecular weight excluding hydrogens is 332 g/mol. The Hall–Kier alpha value is -1.18. The number of hydrogen-bond donors (Lipinski definition) is 2. The highest BCUT2D eigenvalue weighted by Gasteiger charge is 2.17. The molecule has 1 amide bonds. The Balaban J connectivity index is 2.76. The summed E-state index contributed by atoms with van der Waals surface area (Å²) in [6.07, 6.45) is 1.52. The second-order valence-electron chi connectivity index (χ2n) is 3.83. The van der Waals surface area contributed by atoms with Crippen molar-refractivity contribution in [3.05, 3.63) is 40.9 Å². The van der Waals surface area contributed by atoms with Gasteiger partial charge in [0.05, 0.1) is 11.4 Å². The minimum absolute atomic E-state index is 0.159. The van der Waals surface area contributed by atoms with Crippen molar-refractivity contribution in [2.75, 3.05) is 13.1 Å². The second kappa shape index (κ2) is 6.83. The van der Waals surface area contributed by atoms with Crippen LogP contribution in [0.2, 0.25) is 0 Å². The molecule has 1 aromatic carbocycles. The molecule has 0 unspecified atom stereocenters. The van der Waals surface area contributed by atoms with Gasteiger partial charge in [0.2, 0.25) is 15.9 Å². The molecule has 0 saturated heterocycles. The summed E-state index contributed by atoms with van der Waals surface area (Å²) in [7, 11) is -3.69. The van der Waals surface area contributed by atoms with E-state index in [0.29, 0.717) is 12.1 Å². The predicted molar refractivity (Wildman–Crippen MR) is 77.3 cm³/mol. The average Bonchev–Trinajstić information content (AvgIpc) is 2.33. The standard InChI is InChI=1S/C12H15BrN2O3S/c1-3-6-14-12(16)8-15-19(17,18)11-5-4-10(13)7-9(11)2/h3-5,7,15H,1,6,8H2,2H3,(H,14,16). The van der Waals surface area contributed by atoms with Crippen molar-refractivity contribution < 1.29 is 13.2 Å². The van der Waals surface area contributed by atoms with Crippen LogP contribution >= 0.6 is 15.9 Å². The van der Waals surface area contributed by atoms with Crippen molar-refractivity contribution in [2.24, 2.45) is 0 Å². The molecule has 19 heavy (non-hydrogen) atoms. The molecule has 0 aliphatic carbocycles. The van der Waals surface area contributed by atoms with E-state index < -0.39 is 15.9 Å². The van der Waals surface area contributed by atoms with Gasteiger partial charge in [0, 0.05) is 11.0 Å². The highest BCUT2D eigenvalue weighted by atomic mass is 79.9. The molecular formula is C12H15BrN2O3S. The Labute approximate surface area is 121 Å². The van der Waals surface area contributed by atoms with E-state index in [0.717, 1.165) is 4.47 Å². The van der Waals surface area contributed by atoms with Crippen LogP contribution in [0.4, 0.5) is 0 Å². The molecule has 0 aromatic heterocycles. The van der Waals surface area contributed by atoms with Crippen molar-refractivity contribution in [1.29, 1.82) is 0 Å². The number of nitrogens with one attached hydrogen (secondary N) is 2. The molecule has 0 fully saturated rings. The zero-order valence-electron chi connectivity index (χ0n) is 10.4. The number of amides is 1. The molecule has 1 aromatic rings. The monoisotopic (exact) mass is 346 g/mol. The lowest BCUT2D eigenvalue weighted by atomic mass is 10.2. The molecule has 7 heteroatoms. The van der Waals surface area contributed by atoms with Crippen LogP contribution in [0.1, 0.15) is 5.56 Å². The van der Waals surface area contributed by atoms with E-state index >= 15 is 0 Å². The lowest BCUT2D eigenvalue weighted by Gasteiger charge is -2.09. The van der Waals surface area contributed by atoms with Gasteiger partial charge in [0.25, 0.3) is 0 Å². The molecule has 104 valence electrons. The van der Waals surface area contributed by atoms with E-state index in [1.54, 1.807) is 19.1 Å². The van der Waals surface area contributed by atoms with E-state index in [1.807, 2.05) is 0 Å². The van der Waals surface area contributed by atoms with Gasteiger partial charge in [-0.3, -0.25) is 4.79 Å². The molecule has 0 radical (unpaired) electrons. The predicted octanol–water partition coefficient (Wildman–Crippen LogP) is 1.34. The molecule has 0 aliphatic rings. The summed E-state index contributed by atoms with van der Waals surface area (Å²) in [6, 6.07) is 4.83. The molecule has 0 spiro atoms. The number of sulfonamides is 1. The van der Waals surface area contributed by atoms with Gasteiger partial charge in [-0.25, -0.2) is 13.1 Å². The largest absolute Gasteiger partial charge is 0.352 e. The first kappa shape index (κ1) is 15.9. The number of carbonyl (C=O) groups excluding carboxylic acids is 1. The number of hydrogen-bond acceptors (Lipinski definition) is 3. The summed E-state index contributed by atoms with van der Waals surface area (Å²) in [5, 5.41) is 2.49. The molecule has 0 bridgehead atoms. The maximum atomic E-state index is 12.0. The smallest absolute Gasteiger partial charge is 0.241 e. The fourth-order valence-electron chi connectivity index (χ4n) is 1.40. The highest BCUT2D eigenvalue weighted by Crippen LogP contribution is 2.19. The normalized spacial score (nSPS) is 11.1. The van der Waals surface area contributed by atoms with E-state index in [2.05, 4.69) is 32.5 Å². The van der Waals surface area contributed by atoms with Gasteiger partial charge >= 0.3 is 0 Å². The first-order valence-electron chi connectivity index (χ1n) is 5.50. The van der Waals surface area contributed by atoms with Crippen LogP contribution in [0, 0.1) is 6.92 Å². The van der Waals surface area contributed by atoms with Crippen LogP contribution in [0.15, 0.2) is 40.2 Å². The lowest BCUT2D eigenvalue weighted by Crippen LogP contribution is -2.37. The minimum atomic E-state index is -3.69. The van der Waals surface area contributed by atoms with Crippen molar-refractivity contribution >= 4 is 31.9 Å². The lowest BCUT2D eigenvalue weighted by molar-refractivity contribution is -0.119. The van der Waals surface area contributed by atoms with Crippen LogP contribution in [0.3, 0.4) is 0 Å². The molecule has 0 atom stereocenters. The SMILES string of the molecule is C=CCNC(=O)CNS(=O)(=O)c1ccc(Br)cc1C. The molecule has 1 rings (SSSR count). The van der Waals surface area contributed by atoms with Crippen molar-refractivity contribution in [1.82, 2.24) is 10.0 Å². The van der Waals surface area contributed by atoms with Crippen LogP contribution in [-0.4, -0.2) is 27.4 Å². The average molecular weight is 347 g/mol. The fourth-order valence-corrected chi connectivity index (χ4v) is 3.08. The fraction of sp³-hybridized carbons (Fsp3) is 0.250. The molecule has 0 saturated carbocycles. The van der Waals surface area contributed by atoms with Gasteiger partial charge in [-0.05, 0) is 30.7 Å². The zero-order valence-corrected chi connectivity index (χ0v) is 12.8. The van der Waals surface area contributed by atoms with Crippen molar-refractivity contribution in [3.8, 4) is 0 Å². The number of rotatable bonds is 6. The van der Waals surface area contributed by atoms with E-state index in [-0.39, 0.29) is 11.4 Å². The summed E-state index contributed by atoms with van der Waals surface area (Å²) >= 11 is 3.26. The molecule has 0 heterocycles. The van der Waals surface area contributed by atoms with Gasteiger partial charge in [-0.15, -0.1) is 6.58 Å². The third kappa shape index (κ3) is 4.77. The minimum Gasteiger partial charge on any atom is -0.352 e. The number of halogens is 1. The summed E-state index contributed by atoms with van der Waals surface area (Å²) < 4.78 is 27.1. The van der Waals surface area contributed by atoms with Gasteiger partial charge < -0.3 is 5.32 Å². The third-order valence-corrected chi connectivity index (χ3v) is 4.35. The van der Waals surface area contributed by atoms with Gasteiger partial charge in [-0.1, -0.05) is 22.0 Å². The third-order valence-electron chi connectivity index (χ3n) is 2.29. The van der Waals surface area contributed by atoms with Gasteiger partial charge in [-0.2, -0.15) is 0 Å². The van der Waals surface area contributed by atoms with E-state index in [1.165, 1.54) is 12.1 Å². The van der Waals surface area contributed by atoms with Crippen LogP contribution in [0.25, 0.3) is 0 Å². The second-order valence-corrected chi connectivity index (χ2v) is 6.48. The Kier molecular flexibility index (Phi) is 5.71. The van der Waals surface area contributed by atoms with E-state index in [9.17, 15) is 13.2 Å². The van der Waals surface area contributed by atoms with Crippen LogP contribution in [-0.2, 0) is 14.8 Å². The molecule has 0 aliphatic heterocycles. The van der Waals surface area contributed by atoms with Crippen LogP contribution in [0.5, 0.6) is 0 Å². The van der Waals surface area contributed by atoms with Crippen LogP contribution < -0.4 is 10.0 Å². The highest BCUT2D eigenvalue weighted by molar-refractivity contribution is 9.10.